The quantitative estimate of drug-likeness (QED) is 0.638. The predicted octanol–water partition coefficient (Wildman–Crippen LogP) is 4.55. The summed E-state index contributed by atoms with van der Waals surface area (Å²) >= 11 is 0. The standard InChI is InChI=1S/C28H32N2O5/c1-27(25(32)33)13-8-16-30(27)24(31)28(14-6-7-15-28)18-29-26(34)35-17-23-21-11-4-2-9-19(21)20-10-3-5-12-22(20)23/h2-5,9-12,23H,6-8,13-18H2,1H3,(H,29,34)(H,32,33). The van der Waals surface area contributed by atoms with Crippen LogP contribution in [0.25, 0.3) is 11.1 Å². The number of amides is 2. The van der Waals surface area contributed by atoms with Gasteiger partial charge in [-0.3, -0.25) is 4.79 Å². The van der Waals surface area contributed by atoms with Crippen molar-refractivity contribution in [2.24, 2.45) is 5.41 Å². The molecule has 1 saturated heterocycles. The number of ether oxygens (including phenoxy) is 1. The Balaban J connectivity index is 1.25. The number of rotatable bonds is 6. The molecule has 7 nitrogen and oxygen atoms in total. The van der Waals surface area contributed by atoms with Crippen LogP contribution >= 0.6 is 0 Å². The summed E-state index contributed by atoms with van der Waals surface area (Å²) in [5, 5.41) is 12.6. The van der Waals surface area contributed by atoms with Gasteiger partial charge in [-0.2, -0.15) is 0 Å². The average Bonchev–Trinajstić information content (AvgIpc) is 3.58. The number of fused-ring (bicyclic) bond motifs is 3. The van der Waals surface area contributed by atoms with Gasteiger partial charge in [-0.15, -0.1) is 0 Å². The van der Waals surface area contributed by atoms with Gasteiger partial charge in [0.05, 0.1) is 5.41 Å². The summed E-state index contributed by atoms with van der Waals surface area (Å²) in [6.07, 6.45) is 3.62. The number of carbonyl (C=O) groups is 3. The van der Waals surface area contributed by atoms with Crippen molar-refractivity contribution in [2.75, 3.05) is 19.7 Å². The van der Waals surface area contributed by atoms with Crippen LogP contribution in [0.3, 0.4) is 0 Å². The van der Waals surface area contributed by atoms with Crippen LogP contribution in [0.15, 0.2) is 48.5 Å². The fourth-order valence-corrected chi connectivity index (χ4v) is 6.21. The van der Waals surface area contributed by atoms with Crippen LogP contribution in [0, 0.1) is 5.41 Å². The summed E-state index contributed by atoms with van der Waals surface area (Å²) in [5.41, 5.74) is 2.67. The topological polar surface area (TPSA) is 95.9 Å². The molecule has 0 bridgehead atoms. The Bertz CT molecular complexity index is 1110. The maximum atomic E-state index is 13.6. The van der Waals surface area contributed by atoms with Gasteiger partial charge in [0.1, 0.15) is 12.1 Å². The second-order valence-corrected chi connectivity index (χ2v) is 10.3. The SMILES string of the molecule is CC1(C(=O)O)CCCN1C(=O)C1(CNC(=O)OCC2c3ccccc3-c3ccccc32)CCCC1. The van der Waals surface area contributed by atoms with Crippen molar-refractivity contribution < 1.29 is 24.2 Å². The number of hydrogen-bond acceptors (Lipinski definition) is 4. The number of aliphatic carboxylic acids is 1. The molecule has 5 rings (SSSR count). The summed E-state index contributed by atoms with van der Waals surface area (Å²) in [4.78, 5) is 39.8. The van der Waals surface area contributed by atoms with E-state index in [1.165, 1.54) is 16.0 Å². The minimum atomic E-state index is -1.18. The van der Waals surface area contributed by atoms with E-state index >= 15 is 0 Å². The number of likely N-dealkylation sites (tertiary alicyclic amines) is 1. The highest BCUT2D eigenvalue weighted by molar-refractivity contribution is 5.91. The van der Waals surface area contributed by atoms with Crippen LogP contribution in [0.5, 0.6) is 0 Å². The molecule has 2 amide bonds. The largest absolute Gasteiger partial charge is 0.480 e. The van der Waals surface area contributed by atoms with Crippen molar-refractivity contribution in [3.8, 4) is 11.1 Å². The lowest BCUT2D eigenvalue weighted by Gasteiger charge is -2.38. The van der Waals surface area contributed by atoms with E-state index < -0.39 is 23.0 Å². The summed E-state index contributed by atoms with van der Waals surface area (Å²) in [6, 6.07) is 16.3. The van der Waals surface area contributed by atoms with Gasteiger partial charge in [0.2, 0.25) is 5.91 Å². The first kappa shape index (κ1) is 23.4. The van der Waals surface area contributed by atoms with Crippen molar-refractivity contribution in [3.05, 3.63) is 59.7 Å². The monoisotopic (exact) mass is 476 g/mol. The Labute approximate surface area is 205 Å². The number of nitrogens with one attached hydrogen (secondary N) is 1. The summed E-state index contributed by atoms with van der Waals surface area (Å²) in [5.74, 6) is -1.16. The van der Waals surface area contributed by atoms with Crippen LogP contribution in [-0.4, -0.2) is 53.2 Å². The Morgan fingerprint density at radius 3 is 2.17 bits per heavy atom. The first-order valence-corrected chi connectivity index (χ1v) is 12.5. The number of hydrogen-bond donors (Lipinski definition) is 2. The van der Waals surface area contributed by atoms with E-state index in [0.29, 0.717) is 32.2 Å². The molecule has 0 aromatic heterocycles. The van der Waals surface area contributed by atoms with Gasteiger partial charge in [0.25, 0.3) is 0 Å². The zero-order valence-corrected chi connectivity index (χ0v) is 20.1. The molecule has 0 spiro atoms. The van der Waals surface area contributed by atoms with Gasteiger partial charge in [-0.1, -0.05) is 61.4 Å². The molecule has 2 aromatic rings. The van der Waals surface area contributed by atoms with Gasteiger partial charge in [0.15, 0.2) is 0 Å². The number of alkyl carbamates (subject to hydrolysis) is 1. The van der Waals surface area contributed by atoms with Gasteiger partial charge in [-0.25, -0.2) is 9.59 Å². The fourth-order valence-electron chi connectivity index (χ4n) is 6.21. The molecule has 7 heteroatoms. The molecule has 2 N–H and O–H groups in total. The summed E-state index contributed by atoms with van der Waals surface area (Å²) < 4.78 is 5.66. The highest BCUT2D eigenvalue weighted by Gasteiger charge is 2.52. The Morgan fingerprint density at radius 2 is 1.57 bits per heavy atom. The molecule has 184 valence electrons. The van der Waals surface area contributed by atoms with E-state index in [9.17, 15) is 19.5 Å². The predicted molar refractivity (Wildman–Crippen MR) is 131 cm³/mol. The zero-order chi connectivity index (χ0) is 24.6. The van der Waals surface area contributed by atoms with Crippen molar-refractivity contribution in [1.29, 1.82) is 0 Å². The first-order chi connectivity index (χ1) is 16.9. The average molecular weight is 477 g/mol. The minimum absolute atomic E-state index is 0.0314. The zero-order valence-electron chi connectivity index (χ0n) is 20.1. The van der Waals surface area contributed by atoms with Crippen LogP contribution < -0.4 is 5.32 Å². The van der Waals surface area contributed by atoms with E-state index in [4.69, 9.17) is 4.74 Å². The molecule has 35 heavy (non-hydrogen) atoms. The lowest BCUT2D eigenvalue weighted by Crippen LogP contribution is -2.57. The van der Waals surface area contributed by atoms with E-state index in [1.807, 2.05) is 24.3 Å². The molecule has 3 aliphatic rings. The highest BCUT2D eigenvalue weighted by atomic mass is 16.5. The van der Waals surface area contributed by atoms with Gasteiger partial charge in [-0.05, 0) is 54.9 Å². The second kappa shape index (κ2) is 9.02. The first-order valence-electron chi connectivity index (χ1n) is 12.5. The van der Waals surface area contributed by atoms with Crippen LogP contribution in [0.1, 0.15) is 62.5 Å². The second-order valence-electron chi connectivity index (χ2n) is 10.3. The molecule has 2 aliphatic carbocycles. The molecule has 1 saturated carbocycles. The minimum Gasteiger partial charge on any atom is -0.480 e. The molecule has 1 atom stereocenters. The number of nitrogens with zero attached hydrogens (tertiary/aromatic N) is 1. The molecule has 1 aliphatic heterocycles. The number of carbonyl (C=O) groups excluding carboxylic acids is 2. The van der Waals surface area contributed by atoms with E-state index in [-0.39, 0.29) is 25.0 Å². The molecule has 2 fully saturated rings. The smallest absolute Gasteiger partial charge is 0.407 e. The molecule has 1 unspecified atom stereocenters. The lowest BCUT2D eigenvalue weighted by atomic mass is 9.83. The number of carboxylic acids is 1. The van der Waals surface area contributed by atoms with Crippen LogP contribution in [0.2, 0.25) is 0 Å². The summed E-state index contributed by atoms with van der Waals surface area (Å²) in [6.45, 7) is 2.44. The van der Waals surface area contributed by atoms with Gasteiger partial charge in [0, 0.05) is 19.0 Å². The van der Waals surface area contributed by atoms with E-state index in [2.05, 4.69) is 29.6 Å². The van der Waals surface area contributed by atoms with Crippen LogP contribution in [-0.2, 0) is 14.3 Å². The van der Waals surface area contributed by atoms with E-state index in [1.54, 1.807) is 6.92 Å². The number of carboxylic acid groups (broad SMARTS) is 1. The van der Waals surface area contributed by atoms with Crippen molar-refractivity contribution in [3.63, 3.8) is 0 Å². The third-order valence-electron chi connectivity index (χ3n) is 8.28. The van der Waals surface area contributed by atoms with Gasteiger partial charge < -0.3 is 20.1 Å². The maximum absolute atomic E-state index is 13.6. The normalized spacial score (nSPS) is 22.5. The summed E-state index contributed by atoms with van der Waals surface area (Å²) in [7, 11) is 0. The molecule has 2 aromatic carbocycles. The highest BCUT2D eigenvalue weighted by Crippen LogP contribution is 2.45. The third kappa shape index (κ3) is 3.97. The molecule has 1 heterocycles. The fraction of sp³-hybridized carbons (Fsp3) is 0.464. The Hall–Kier alpha value is -3.35. The maximum Gasteiger partial charge on any atom is 0.407 e. The van der Waals surface area contributed by atoms with Crippen LogP contribution in [0.4, 0.5) is 4.79 Å². The molecular formula is C28H32N2O5. The van der Waals surface area contributed by atoms with E-state index in [0.717, 1.165) is 24.0 Å². The van der Waals surface area contributed by atoms with Crippen molar-refractivity contribution >= 4 is 18.0 Å². The van der Waals surface area contributed by atoms with Gasteiger partial charge >= 0.3 is 12.1 Å². The Morgan fingerprint density at radius 1 is 0.971 bits per heavy atom. The third-order valence-corrected chi connectivity index (χ3v) is 8.28. The number of benzene rings is 2. The molecule has 0 radical (unpaired) electrons. The van der Waals surface area contributed by atoms with Crippen molar-refractivity contribution in [2.45, 2.75) is 56.9 Å². The Kier molecular flexibility index (Phi) is 6.03. The molecular weight excluding hydrogens is 444 g/mol. The van der Waals surface area contributed by atoms with Crippen molar-refractivity contribution in [1.82, 2.24) is 10.2 Å². The lowest BCUT2D eigenvalue weighted by molar-refractivity contribution is -0.159.